The monoisotopic (exact) mass is 804 g/mol. The second-order valence-corrected chi connectivity index (χ2v) is 16.1. The fourth-order valence-corrected chi connectivity index (χ4v) is 9.74. The summed E-state index contributed by atoms with van der Waals surface area (Å²) in [7, 11) is 0. The molecule has 0 aliphatic heterocycles. The zero-order valence-electron chi connectivity index (χ0n) is 34.0. The lowest BCUT2D eigenvalue weighted by Crippen LogP contribution is -1.98. The minimum Gasteiger partial charge on any atom is -0.309 e. The van der Waals surface area contributed by atoms with Crippen LogP contribution in [0.1, 0.15) is 0 Å². The third kappa shape index (κ3) is 5.55. The molecule has 0 radical (unpaired) electrons. The van der Waals surface area contributed by atoms with Gasteiger partial charge < -0.3 is 13.7 Å². The van der Waals surface area contributed by atoms with E-state index in [0.29, 0.717) is 0 Å². The van der Waals surface area contributed by atoms with E-state index < -0.39 is 0 Å². The maximum atomic E-state index is 5.19. The maximum absolute atomic E-state index is 5.19. The predicted molar refractivity (Wildman–Crippen MR) is 259 cm³/mol. The summed E-state index contributed by atoms with van der Waals surface area (Å²) in [6, 6.07) is 73.9. The van der Waals surface area contributed by atoms with E-state index in [1.165, 1.54) is 21.5 Å². The molecule has 0 atom stereocenters. The lowest BCUT2D eigenvalue weighted by atomic mass is 10.0. The maximum Gasteiger partial charge on any atom is 0.116 e. The molecule has 6 nitrogen and oxygen atoms in total. The summed E-state index contributed by atoms with van der Waals surface area (Å²) < 4.78 is 7.06. The van der Waals surface area contributed by atoms with E-state index in [2.05, 4.69) is 219 Å². The van der Waals surface area contributed by atoms with Gasteiger partial charge in [-0.3, -0.25) is 0 Å². The van der Waals surface area contributed by atoms with Crippen molar-refractivity contribution in [2.45, 2.75) is 0 Å². The third-order valence-corrected chi connectivity index (χ3v) is 12.6. The zero-order chi connectivity index (χ0) is 41.4. The average Bonchev–Trinajstić information content (AvgIpc) is 3.99. The molecule has 294 valence electrons. The summed E-state index contributed by atoms with van der Waals surface area (Å²) >= 11 is 0. The van der Waals surface area contributed by atoms with Crippen LogP contribution in [0.4, 0.5) is 0 Å². The minimum atomic E-state index is 0.930. The van der Waals surface area contributed by atoms with Gasteiger partial charge in [0.15, 0.2) is 0 Å². The van der Waals surface area contributed by atoms with Crippen LogP contribution in [0.2, 0.25) is 0 Å². The lowest BCUT2D eigenvalue weighted by Gasteiger charge is -2.13. The van der Waals surface area contributed by atoms with Crippen molar-refractivity contribution in [1.29, 1.82) is 0 Å². The Balaban J connectivity index is 0.991. The summed E-state index contributed by atoms with van der Waals surface area (Å²) in [5.41, 5.74) is 17.2. The molecule has 0 fully saturated rings. The van der Waals surface area contributed by atoms with E-state index in [-0.39, 0.29) is 0 Å². The van der Waals surface area contributed by atoms with Crippen LogP contribution in [0.15, 0.2) is 219 Å². The Kier molecular flexibility index (Phi) is 7.80. The van der Waals surface area contributed by atoms with Crippen LogP contribution in [-0.2, 0) is 0 Å². The molecule has 0 aliphatic rings. The van der Waals surface area contributed by atoms with E-state index in [4.69, 9.17) is 9.97 Å². The number of para-hydroxylation sites is 3. The van der Waals surface area contributed by atoms with Gasteiger partial charge >= 0.3 is 0 Å². The van der Waals surface area contributed by atoms with Gasteiger partial charge in [0.2, 0.25) is 0 Å². The molecule has 0 N–H and O–H groups in total. The molecule has 5 aromatic heterocycles. The fourth-order valence-electron chi connectivity index (χ4n) is 9.74. The van der Waals surface area contributed by atoms with Crippen molar-refractivity contribution >= 4 is 65.5 Å². The topological polar surface area (TPSA) is 53.5 Å². The Labute approximate surface area is 362 Å². The number of nitrogens with zero attached hydrogens (tertiary/aromatic N) is 6. The largest absolute Gasteiger partial charge is 0.309 e. The van der Waals surface area contributed by atoms with Crippen LogP contribution in [0, 0.1) is 0 Å². The summed E-state index contributed by atoms with van der Waals surface area (Å²) in [6.07, 6.45) is 3.56. The highest BCUT2D eigenvalue weighted by Crippen LogP contribution is 2.40. The average molecular weight is 805 g/mol. The molecule has 6 heteroatoms. The second kappa shape index (κ2) is 14.0. The van der Waals surface area contributed by atoms with Crippen LogP contribution in [0.3, 0.4) is 0 Å². The van der Waals surface area contributed by atoms with Crippen molar-refractivity contribution in [2.24, 2.45) is 0 Å². The molecule has 13 rings (SSSR count). The van der Waals surface area contributed by atoms with E-state index >= 15 is 0 Å². The molecule has 8 aromatic carbocycles. The van der Waals surface area contributed by atoms with E-state index in [9.17, 15) is 0 Å². The van der Waals surface area contributed by atoms with Crippen molar-refractivity contribution in [3.63, 3.8) is 0 Å². The van der Waals surface area contributed by atoms with E-state index in [1.807, 2.05) is 12.3 Å². The van der Waals surface area contributed by atoms with Gasteiger partial charge in [-0.15, -0.1) is 0 Å². The van der Waals surface area contributed by atoms with Crippen LogP contribution in [-0.4, -0.2) is 28.7 Å². The van der Waals surface area contributed by atoms with Crippen molar-refractivity contribution < 1.29 is 0 Å². The van der Waals surface area contributed by atoms with Gasteiger partial charge in [0, 0.05) is 49.4 Å². The quantitative estimate of drug-likeness (QED) is 0.168. The first-order chi connectivity index (χ1) is 31.2. The second-order valence-electron chi connectivity index (χ2n) is 16.1. The summed E-state index contributed by atoms with van der Waals surface area (Å²) in [5, 5.41) is 5.91. The number of rotatable bonds is 6. The Morgan fingerprint density at radius 2 is 0.825 bits per heavy atom. The van der Waals surface area contributed by atoms with Crippen molar-refractivity contribution in [3.8, 4) is 50.7 Å². The van der Waals surface area contributed by atoms with Gasteiger partial charge in [0.1, 0.15) is 6.33 Å². The Morgan fingerprint density at radius 3 is 1.54 bits per heavy atom. The van der Waals surface area contributed by atoms with Gasteiger partial charge in [0.25, 0.3) is 0 Å². The van der Waals surface area contributed by atoms with Crippen LogP contribution in [0.5, 0.6) is 0 Å². The first kappa shape index (κ1) is 35.2. The number of fused-ring (bicyclic) bond motifs is 9. The Hall–Kier alpha value is -8.61. The van der Waals surface area contributed by atoms with Gasteiger partial charge in [-0.05, 0) is 83.9 Å². The summed E-state index contributed by atoms with van der Waals surface area (Å²) in [6.45, 7) is 0. The van der Waals surface area contributed by atoms with Crippen LogP contribution in [0.25, 0.3) is 116 Å². The predicted octanol–water partition coefficient (Wildman–Crippen LogP) is 14.2. The summed E-state index contributed by atoms with van der Waals surface area (Å²) in [5.74, 6) is 0. The third-order valence-electron chi connectivity index (χ3n) is 12.6. The molecule has 0 bridgehead atoms. The molecule has 0 unspecified atom stereocenters. The molecule has 0 aliphatic carbocycles. The molecule has 5 heterocycles. The number of hydrogen-bond donors (Lipinski definition) is 0. The van der Waals surface area contributed by atoms with Crippen molar-refractivity contribution in [2.75, 3.05) is 0 Å². The fraction of sp³-hybridized carbons (Fsp3) is 0. The molecular formula is C57H36N6. The first-order valence-electron chi connectivity index (χ1n) is 21.3. The standard InChI is InChI=1S/C57H36N6/c1-4-14-37(15-5-1)49-33-43(34-50(60-49)38-16-6-2-7-17-38)63-52-23-13-11-21-45(52)47-30-39(25-28-53(47)63)40-24-27-46-44-20-10-12-22-51(44)62(55(46)31-40)42-26-29-54-48(32-42)57-56(35-58-36-59-57)61(54)41-18-8-3-9-19-41/h1-36H. The number of aromatic nitrogens is 6. The molecule has 13 aromatic rings. The molecule has 0 amide bonds. The molecule has 0 saturated heterocycles. The first-order valence-corrected chi connectivity index (χ1v) is 21.3. The van der Waals surface area contributed by atoms with Crippen molar-refractivity contribution in [1.82, 2.24) is 28.7 Å². The van der Waals surface area contributed by atoms with Gasteiger partial charge in [-0.1, -0.05) is 133 Å². The highest BCUT2D eigenvalue weighted by molar-refractivity contribution is 6.13. The highest BCUT2D eigenvalue weighted by Gasteiger charge is 2.20. The molecule has 63 heavy (non-hydrogen) atoms. The number of benzene rings is 8. The van der Waals surface area contributed by atoms with Crippen molar-refractivity contribution in [3.05, 3.63) is 219 Å². The van der Waals surface area contributed by atoms with Crippen LogP contribution < -0.4 is 0 Å². The van der Waals surface area contributed by atoms with Gasteiger partial charge in [-0.25, -0.2) is 15.0 Å². The SMILES string of the molecule is c1ccc(-c2cc(-n3c4ccccc4c4cc(-c5ccc6c7ccccc7n(-c7ccc8c(c7)c7ncncc7n8-c7ccccc7)c6c5)ccc43)cc(-c3ccccc3)n2)cc1. The normalized spacial score (nSPS) is 11.8. The minimum absolute atomic E-state index is 0.930. The van der Waals surface area contributed by atoms with Gasteiger partial charge in [-0.2, -0.15) is 0 Å². The molecule has 0 spiro atoms. The lowest BCUT2D eigenvalue weighted by molar-refractivity contribution is 1.14. The van der Waals surface area contributed by atoms with Gasteiger partial charge in [0.05, 0.1) is 61.9 Å². The zero-order valence-corrected chi connectivity index (χ0v) is 34.0. The van der Waals surface area contributed by atoms with E-state index in [1.54, 1.807) is 6.33 Å². The Morgan fingerprint density at radius 1 is 0.302 bits per heavy atom. The Bertz CT molecular complexity index is 3840. The molecule has 0 saturated carbocycles. The highest BCUT2D eigenvalue weighted by atomic mass is 15.0. The smallest absolute Gasteiger partial charge is 0.116 e. The molecular weight excluding hydrogens is 769 g/mol. The number of pyridine rings is 1. The van der Waals surface area contributed by atoms with Crippen LogP contribution >= 0.6 is 0 Å². The number of hydrogen-bond acceptors (Lipinski definition) is 3. The van der Waals surface area contributed by atoms with E-state index in [0.717, 1.165) is 94.7 Å². The summed E-state index contributed by atoms with van der Waals surface area (Å²) in [4.78, 5) is 14.4.